The second kappa shape index (κ2) is 7.45. The smallest absolute Gasteiger partial charge is 0.342 e. The number of esters is 1. The topological polar surface area (TPSA) is 52.1 Å². The first-order valence-electron chi connectivity index (χ1n) is 5.50. The average molecular weight is 277 g/mol. The molecular formula is C11H14Cl2N2O2. The van der Waals surface area contributed by atoms with Crippen LogP contribution in [0.15, 0.2) is 6.20 Å². The van der Waals surface area contributed by atoms with Crippen molar-refractivity contribution in [1.82, 2.24) is 9.97 Å². The van der Waals surface area contributed by atoms with E-state index in [1.807, 2.05) is 0 Å². The first kappa shape index (κ1) is 14.2. The van der Waals surface area contributed by atoms with E-state index in [0.717, 1.165) is 25.7 Å². The number of halogens is 2. The molecule has 1 aromatic rings. The molecule has 0 bridgehead atoms. The Labute approximate surface area is 110 Å². The summed E-state index contributed by atoms with van der Waals surface area (Å²) in [5, 5.41) is 0.0260. The maximum atomic E-state index is 11.6. The largest absolute Gasteiger partial charge is 0.462 e. The molecule has 0 fully saturated rings. The molecule has 0 saturated carbocycles. The Bertz CT molecular complexity index is 386. The molecule has 1 rings (SSSR count). The summed E-state index contributed by atoms with van der Waals surface area (Å²) in [6, 6.07) is 0. The van der Waals surface area contributed by atoms with Gasteiger partial charge in [-0.1, -0.05) is 37.8 Å². The van der Waals surface area contributed by atoms with Gasteiger partial charge in [0.15, 0.2) is 0 Å². The zero-order valence-electron chi connectivity index (χ0n) is 9.58. The molecule has 1 heterocycles. The van der Waals surface area contributed by atoms with Crippen LogP contribution in [0.25, 0.3) is 0 Å². The predicted molar refractivity (Wildman–Crippen MR) is 66.5 cm³/mol. The standard InChI is InChI=1S/C11H14Cl2N2O2/c1-2-3-4-5-6-17-10(16)8-7-14-11(13)15-9(8)12/h7H,2-6H2,1H3. The molecule has 1 aromatic heterocycles. The van der Waals surface area contributed by atoms with E-state index in [1.165, 1.54) is 6.20 Å². The second-order valence-electron chi connectivity index (χ2n) is 3.54. The van der Waals surface area contributed by atoms with Gasteiger partial charge in [-0.05, 0) is 18.0 Å². The summed E-state index contributed by atoms with van der Waals surface area (Å²) in [5.74, 6) is -0.511. The van der Waals surface area contributed by atoms with Gasteiger partial charge < -0.3 is 4.74 Å². The third-order valence-corrected chi connectivity index (χ3v) is 2.63. The molecule has 0 aliphatic carbocycles. The number of carbonyl (C=O) groups excluding carboxylic acids is 1. The Balaban J connectivity index is 2.42. The van der Waals surface area contributed by atoms with Crippen molar-refractivity contribution < 1.29 is 9.53 Å². The third kappa shape index (κ3) is 4.88. The molecule has 17 heavy (non-hydrogen) atoms. The summed E-state index contributed by atoms with van der Waals surface area (Å²) in [6.07, 6.45) is 5.46. The fourth-order valence-corrected chi connectivity index (χ4v) is 1.63. The molecule has 0 spiro atoms. The first-order chi connectivity index (χ1) is 8.15. The molecule has 0 amide bonds. The lowest BCUT2D eigenvalue weighted by atomic mass is 10.2. The van der Waals surface area contributed by atoms with Crippen LogP contribution in [-0.4, -0.2) is 22.5 Å². The molecule has 6 heteroatoms. The maximum absolute atomic E-state index is 11.6. The minimum Gasteiger partial charge on any atom is -0.462 e. The van der Waals surface area contributed by atoms with Crippen molar-refractivity contribution in [3.05, 3.63) is 22.2 Å². The summed E-state index contributed by atoms with van der Waals surface area (Å²) < 4.78 is 5.05. The summed E-state index contributed by atoms with van der Waals surface area (Å²) in [5.41, 5.74) is 0.145. The minimum absolute atomic E-state index is 0.00879. The van der Waals surface area contributed by atoms with Gasteiger partial charge in [-0.15, -0.1) is 0 Å². The molecule has 0 saturated heterocycles. The molecule has 0 aliphatic rings. The second-order valence-corrected chi connectivity index (χ2v) is 4.24. The Kier molecular flexibility index (Phi) is 6.22. The van der Waals surface area contributed by atoms with Gasteiger partial charge in [0.1, 0.15) is 10.7 Å². The number of ether oxygens (including phenoxy) is 1. The number of hydrogen-bond donors (Lipinski definition) is 0. The van der Waals surface area contributed by atoms with E-state index in [-0.39, 0.29) is 16.0 Å². The van der Waals surface area contributed by atoms with E-state index in [4.69, 9.17) is 27.9 Å². The van der Waals surface area contributed by atoms with E-state index in [0.29, 0.717) is 6.61 Å². The number of rotatable bonds is 6. The van der Waals surface area contributed by atoms with Crippen LogP contribution in [0.2, 0.25) is 10.4 Å². The lowest BCUT2D eigenvalue weighted by molar-refractivity contribution is 0.0497. The Morgan fingerprint density at radius 3 is 2.76 bits per heavy atom. The highest BCUT2D eigenvalue weighted by Crippen LogP contribution is 2.15. The minimum atomic E-state index is -0.511. The van der Waals surface area contributed by atoms with Gasteiger partial charge in [-0.2, -0.15) is 0 Å². The Hall–Kier alpha value is -0.870. The number of carbonyl (C=O) groups is 1. The highest BCUT2D eigenvalue weighted by Gasteiger charge is 2.13. The van der Waals surface area contributed by atoms with Crippen LogP contribution >= 0.6 is 23.2 Å². The average Bonchev–Trinajstić information content (AvgIpc) is 2.28. The molecule has 0 unspecified atom stereocenters. The van der Waals surface area contributed by atoms with E-state index in [9.17, 15) is 4.79 Å². The van der Waals surface area contributed by atoms with Crippen molar-refractivity contribution in [3.8, 4) is 0 Å². The molecule has 0 atom stereocenters. The summed E-state index contributed by atoms with van der Waals surface area (Å²) in [4.78, 5) is 18.9. The van der Waals surface area contributed by atoms with Crippen molar-refractivity contribution in [1.29, 1.82) is 0 Å². The van der Waals surface area contributed by atoms with Crippen LogP contribution in [-0.2, 0) is 4.74 Å². The van der Waals surface area contributed by atoms with Gasteiger partial charge in [-0.25, -0.2) is 14.8 Å². The van der Waals surface area contributed by atoms with Crippen LogP contribution in [0.5, 0.6) is 0 Å². The SMILES string of the molecule is CCCCCCOC(=O)c1cnc(Cl)nc1Cl. The third-order valence-electron chi connectivity index (χ3n) is 2.16. The van der Waals surface area contributed by atoms with E-state index in [1.54, 1.807) is 0 Å². The first-order valence-corrected chi connectivity index (χ1v) is 6.26. The predicted octanol–water partition coefficient (Wildman–Crippen LogP) is 3.52. The maximum Gasteiger partial charge on any atom is 0.342 e. The summed E-state index contributed by atoms with van der Waals surface area (Å²) in [6.45, 7) is 2.51. The van der Waals surface area contributed by atoms with Gasteiger partial charge in [0.2, 0.25) is 5.28 Å². The molecule has 94 valence electrons. The quantitative estimate of drug-likeness (QED) is 0.345. The Morgan fingerprint density at radius 1 is 1.35 bits per heavy atom. The lowest BCUT2D eigenvalue weighted by Crippen LogP contribution is -2.08. The van der Waals surface area contributed by atoms with Crippen molar-refractivity contribution in [3.63, 3.8) is 0 Å². The van der Waals surface area contributed by atoms with Crippen molar-refractivity contribution in [2.24, 2.45) is 0 Å². The summed E-state index contributed by atoms with van der Waals surface area (Å²) >= 11 is 11.3. The fourth-order valence-electron chi connectivity index (χ4n) is 1.25. The molecule has 0 aliphatic heterocycles. The Morgan fingerprint density at radius 2 is 2.12 bits per heavy atom. The molecule has 0 aromatic carbocycles. The van der Waals surface area contributed by atoms with Crippen LogP contribution < -0.4 is 0 Å². The number of aromatic nitrogens is 2. The highest BCUT2D eigenvalue weighted by atomic mass is 35.5. The lowest BCUT2D eigenvalue weighted by Gasteiger charge is -2.05. The van der Waals surface area contributed by atoms with Crippen molar-refractivity contribution in [2.45, 2.75) is 32.6 Å². The van der Waals surface area contributed by atoms with Gasteiger partial charge in [-0.3, -0.25) is 0 Å². The molecule has 0 radical (unpaired) electrons. The van der Waals surface area contributed by atoms with E-state index in [2.05, 4.69) is 16.9 Å². The summed E-state index contributed by atoms with van der Waals surface area (Å²) in [7, 11) is 0. The fraction of sp³-hybridized carbons (Fsp3) is 0.545. The van der Waals surface area contributed by atoms with E-state index < -0.39 is 5.97 Å². The van der Waals surface area contributed by atoms with Crippen LogP contribution in [0.4, 0.5) is 0 Å². The van der Waals surface area contributed by atoms with Crippen molar-refractivity contribution >= 4 is 29.2 Å². The van der Waals surface area contributed by atoms with E-state index >= 15 is 0 Å². The van der Waals surface area contributed by atoms with Gasteiger partial charge in [0.05, 0.1) is 6.61 Å². The number of nitrogens with zero attached hydrogens (tertiary/aromatic N) is 2. The number of hydrogen-bond acceptors (Lipinski definition) is 4. The highest BCUT2D eigenvalue weighted by molar-refractivity contribution is 6.33. The molecular weight excluding hydrogens is 263 g/mol. The number of unbranched alkanes of at least 4 members (excludes halogenated alkanes) is 3. The zero-order valence-corrected chi connectivity index (χ0v) is 11.1. The van der Waals surface area contributed by atoms with Gasteiger partial charge in [0.25, 0.3) is 0 Å². The van der Waals surface area contributed by atoms with Crippen molar-refractivity contribution in [2.75, 3.05) is 6.61 Å². The monoisotopic (exact) mass is 276 g/mol. The normalized spacial score (nSPS) is 10.3. The van der Waals surface area contributed by atoms with Crippen LogP contribution in [0.1, 0.15) is 43.0 Å². The molecule has 0 N–H and O–H groups in total. The van der Waals surface area contributed by atoms with Gasteiger partial charge >= 0.3 is 5.97 Å². The zero-order chi connectivity index (χ0) is 12.7. The van der Waals surface area contributed by atoms with Crippen LogP contribution in [0, 0.1) is 0 Å². The van der Waals surface area contributed by atoms with Gasteiger partial charge in [0, 0.05) is 6.20 Å². The molecule has 4 nitrogen and oxygen atoms in total. The van der Waals surface area contributed by atoms with Crippen LogP contribution in [0.3, 0.4) is 0 Å².